The van der Waals surface area contributed by atoms with Crippen molar-refractivity contribution in [3.63, 3.8) is 0 Å². The lowest BCUT2D eigenvalue weighted by molar-refractivity contribution is 0.128. The van der Waals surface area contributed by atoms with E-state index in [1.165, 1.54) is 24.0 Å². The molecule has 2 rings (SSSR count). The van der Waals surface area contributed by atoms with Crippen LogP contribution in [0.25, 0.3) is 0 Å². The second-order valence-corrected chi connectivity index (χ2v) is 5.11. The normalized spacial score (nSPS) is 23.9. The lowest BCUT2D eigenvalue weighted by Crippen LogP contribution is -2.13. The number of ether oxygens (including phenoxy) is 1. The van der Waals surface area contributed by atoms with Gasteiger partial charge in [-0.25, -0.2) is 0 Å². The minimum absolute atomic E-state index is 0.0780. The second kappa shape index (κ2) is 5.54. The Morgan fingerprint density at radius 2 is 2.18 bits per heavy atom. The highest BCUT2D eigenvalue weighted by Crippen LogP contribution is 2.31. The molecular weight excluding hydrogens is 212 g/mol. The largest absolute Gasteiger partial charge is 0.496 e. The predicted molar refractivity (Wildman–Crippen MR) is 69.4 cm³/mol. The number of hydrogen-bond donors (Lipinski definition) is 1. The zero-order valence-electron chi connectivity index (χ0n) is 10.8. The van der Waals surface area contributed by atoms with E-state index < -0.39 is 0 Å². The highest BCUT2D eigenvalue weighted by atomic mass is 16.5. The van der Waals surface area contributed by atoms with Crippen molar-refractivity contribution in [1.82, 2.24) is 0 Å². The first-order valence-corrected chi connectivity index (χ1v) is 6.52. The van der Waals surface area contributed by atoms with Gasteiger partial charge >= 0.3 is 0 Å². The van der Waals surface area contributed by atoms with E-state index in [1.54, 1.807) is 7.11 Å². The Balaban J connectivity index is 2.00. The smallest absolute Gasteiger partial charge is 0.122 e. The van der Waals surface area contributed by atoms with Crippen molar-refractivity contribution in [1.29, 1.82) is 0 Å². The van der Waals surface area contributed by atoms with Crippen LogP contribution in [0.1, 0.15) is 36.8 Å². The summed E-state index contributed by atoms with van der Waals surface area (Å²) in [6, 6.07) is 6.31. The fraction of sp³-hybridized carbons (Fsp3) is 0.600. The molecule has 1 aromatic carbocycles. The molecule has 0 saturated heterocycles. The molecule has 1 aliphatic rings. The molecule has 1 N–H and O–H groups in total. The Labute approximate surface area is 104 Å². The van der Waals surface area contributed by atoms with Gasteiger partial charge in [0, 0.05) is 0 Å². The van der Waals surface area contributed by atoms with Crippen LogP contribution in [0.3, 0.4) is 0 Å². The molecule has 1 aromatic rings. The molecule has 0 radical (unpaired) electrons. The van der Waals surface area contributed by atoms with Crippen LogP contribution >= 0.6 is 0 Å². The van der Waals surface area contributed by atoms with Crippen molar-refractivity contribution in [3.8, 4) is 5.75 Å². The highest BCUT2D eigenvalue weighted by Gasteiger charge is 2.24. The van der Waals surface area contributed by atoms with Gasteiger partial charge in [0.15, 0.2) is 0 Å². The van der Waals surface area contributed by atoms with Crippen LogP contribution in [0.5, 0.6) is 5.75 Å². The Hall–Kier alpha value is -1.02. The molecule has 2 heteroatoms. The molecule has 17 heavy (non-hydrogen) atoms. The Morgan fingerprint density at radius 1 is 1.35 bits per heavy atom. The van der Waals surface area contributed by atoms with Crippen LogP contribution in [0.15, 0.2) is 18.2 Å². The van der Waals surface area contributed by atoms with Gasteiger partial charge in [0.25, 0.3) is 0 Å². The molecule has 2 nitrogen and oxygen atoms in total. The predicted octanol–water partition coefficient (Wildman–Crippen LogP) is 3.10. The van der Waals surface area contributed by atoms with E-state index in [-0.39, 0.29) is 6.10 Å². The molecule has 0 spiro atoms. The van der Waals surface area contributed by atoms with Gasteiger partial charge in [-0.05, 0) is 50.2 Å². The summed E-state index contributed by atoms with van der Waals surface area (Å²) in [7, 11) is 1.72. The summed E-state index contributed by atoms with van der Waals surface area (Å²) in [5.74, 6) is 1.46. The summed E-state index contributed by atoms with van der Waals surface area (Å²) in [6.07, 6.45) is 5.33. The van der Waals surface area contributed by atoms with Crippen molar-refractivity contribution in [2.24, 2.45) is 5.92 Å². The van der Waals surface area contributed by atoms with Crippen LogP contribution in [-0.4, -0.2) is 18.3 Å². The van der Waals surface area contributed by atoms with Gasteiger partial charge in [0.05, 0.1) is 13.2 Å². The molecular formula is C15H22O2. The molecule has 0 aromatic heterocycles. The van der Waals surface area contributed by atoms with E-state index in [0.717, 1.165) is 25.0 Å². The van der Waals surface area contributed by atoms with Crippen LogP contribution in [-0.2, 0) is 6.42 Å². The van der Waals surface area contributed by atoms with E-state index in [2.05, 4.69) is 19.1 Å². The minimum atomic E-state index is -0.0780. The number of aryl methyl sites for hydroxylation is 2. The van der Waals surface area contributed by atoms with Gasteiger partial charge in [-0.2, -0.15) is 0 Å². The standard InChI is InChI=1S/C15H22O2/c1-11-6-9-15(17-2)13(10-11)8-7-12-4-3-5-14(12)16/h6,9-10,12,14,16H,3-5,7-8H2,1-2H3. The number of rotatable bonds is 4. The first-order chi connectivity index (χ1) is 8.20. The maximum atomic E-state index is 9.82. The summed E-state index contributed by atoms with van der Waals surface area (Å²) in [6.45, 7) is 2.10. The Morgan fingerprint density at radius 3 is 2.82 bits per heavy atom. The second-order valence-electron chi connectivity index (χ2n) is 5.11. The summed E-state index contributed by atoms with van der Waals surface area (Å²) in [4.78, 5) is 0. The van der Waals surface area contributed by atoms with Crippen LogP contribution in [0.4, 0.5) is 0 Å². The SMILES string of the molecule is COc1ccc(C)cc1CCC1CCCC1O. The molecule has 0 heterocycles. The topological polar surface area (TPSA) is 29.5 Å². The van der Waals surface area contributed by atoms with E-state index in [4.69, 9.17) is 4.74 Å². The molecule has 1 aliphatic carbocycles. The third kappa shape index (κ3) is 3.01. The summed E-state index contributed by atoms with van der Waals surface area (Å²) >= 11 is 0. The third-order valence-corrected chi connectivity index (χ3v) is 3.84. The lowest BCUT2D eigenvalue weighted by Gasteiger charge is -2.15. The van der Waals surface area contributed by atoms with Gasteiger partial charge in [-0.1, -0.05) is 24.1 Å². The third-order valence-electron chi connectivity index (χ3n) is 3.84. The van der Waals surface area contributed by atoms with E-state index in [9.17, 15) is 5.11 Å². The number of benzene rings is 1. The molecule has 1 fully saturated rings. The maximum absolute atomic E-state index is 9.82. The monoisotopic (exact) mass is 234 g/mol. The number of aliphatic hydroxyl groups excluding tert-OH is 1. The van der Waals surface area contributed by atoms with Crippen molar-refractivity contribution < 1.29 is 9.84 Å². The average Bonchev–Trinajstić information content (AvgIpc) is 2.72. The van der Waals surface area contributed by atoms with Crippen molar-refractivity contribution in [2.75, 3.05) is 7.11 Å². The molecule has 2 unspecified atom stereocenters. The number of hydrogen-bond acceptors (Lipinski definition) is 2. The minimum Gasteiger partial charge on any atom is -0.496 e. The molecule has 1 saturated carbocycles. The van der Waals surface area contributed by atoms with E-state index in [1.807, 2.05) is 6.07 Å². The average molecular weight is 234 g/mol. The molecule has 94 valence electrons. The molecule has 0 bridgehead atoms. The van der Waals surface area contributed by atoms with Crippen molar-refractivity contribution >= 4 is 0 Å². The Bertz CT molecular complexity index is 373. The van der Waals surface area contributed by atoms with Crippen molar-refractivity contribution in [3.05, 3.63) is 29.3 Å². The van der Waals surface area contributed by atoms with Gasteiger partial charge in [0.1, 0.15) is 5.75 Å². The van der Waals surface area contributed by atoms with Crippen LogP contribution in [0.2, 0.25) is 0 Å². The number of methoxy groups -OCH3 is 1. The van der Waals surface area contributed by atoms with E-state index >= 15 is 0 Å². The first-order valence-electron chi connectivity index (χ1n) is 6.52. The van der Waals surface area contributed by atoms with Gasteiger partial charge < -0.3 is 9.84 Å². The van der Waals surface area contributed by atoms with Gasteiger partial charge in [-0.15, -0.1) is 0 Å². The maximum Gasteiger partial charge on any atom is 0.122 e. The van der Waals surface area contributed by atoms with E-state index in [0.29, 0.717) is 5.92 Å². The Kier molecular flexibility index (Phi) is 4.06. The van der Waals surface area contributed by atoms with Gasteiger partial charge in [0.2, 0.25) is 0 Å². The van der Waals surface area contributed by atoms with Crippen LogP contribution < -0.4 is 4.74 Å². The summed E-state index contributed by atoms with van der Waals surface area (Å²) in [5, 5.41) is 9.82. The van der Waals surface area contributed by atoms with Gasteiger partial charge in [-0.3, -0.25) is 0 Å². The van der Waals surface area contributed by atoms with Crippen molar-refractivity contribution in [2.45, 2.75) is 45.1 Å². The lowest BCUT2D eigenvalue weighted by atomic mass is 9.95. The molecule has 2 atom stereocenters. The molecule has 0 amide bonds. The fourth-order valence-electron chi connectivity index (χ4n) is 2.80. The number of aliphatic hydroxyl groups is 1. The zero-order chi connectivity index (χ0) is 12.3. The fourth-order valence-corrected chi connectivity index (χ4v) is 2.80. The first kappa shape index (κ1) is 12.4. The van der Waals surface area contributed by atoms with Crippen LogP contribution in [0, 0.1) is 12.8 Å². The summed E-state index contributed by atoms with van der Waals surface area (Å²) in [5.41, 5.74) is 2.54. The zero-order valence-corrected chi connectivity index (χ0v) is 10.8. The molecule has 0 aliphatic heterocycles. The quantitative estimate of drug-likeness (QED) is 0.867. The highest BCUT2D eigenvalue weighted by molar-refractivity contribution is 5.36. The summed E-state index contributed by atoms with van der Waals surface area (Å²) < 4.78 is 5.38.